The molecule has 0 N–H and O–H groups in total. The summed E-state index contributed by atoms with van der Waals surface area (Å²) < 4.78 is 19.4. The van der Waals surface area contributed by atoms with Gasteiger partial charge >= 0.3 is 0 Å². The highest BCUT2D eigenvalue weighted by Crippen LogP contribution is 2.44. The summed E-state index contributed by atoms with van der Waals surface area (Å²) in [7, 11) is 0. The fourth-order valence-electron chi connectivity index (χ4n) is 3.72. The van der Waals surface area contributed by atoms with Crippen LogP contribution in [-0.4, -0.2) is 30.0 Å². The summed E-state index contributed by atoms with van der Waals surface area (Å²) in [5.74, 6) is 0.508. The standard InChI is InChI=1S/C22H20FN3O2S/c1-2-28-20-9-4-3-8-19(20)25-13-26-21(27)11-17(15-6-5-7-16(23)10-15)18(12-24)22(26)29-14-25/h3-10,17H,2,11,13-14H2,1H3/t17-/m1/s1. The minimum Gasteiger partial charge on any atom is -0.492 e. The molecule has 1 atom stereocenters. The number of halogens is 1. The monoisotopic (exact) mass is 409 g/mol. The molecule has 5 nitrogen and oxygen atoms in total. The second-order valence-electron chi connectivity index (χ2n) is 6.82. The van der Waals surface area contributed by atoms with E-state index in [0.29, 0.717) is 35.3 Å². The Morgan fingerprint density at radius 1 is 1.28 bits per heavy atom. The van der Waals surface area contributed by atoms with Crippen LogP contribution in [0.1, 0.15) is 24.8 Å². The third kappa shape index (κ3) is 3.68. The van der Waals surface area contributed by atoms with Crippen LogP contribution in [0.15, 0.2) is 59.1 Å². The number of allylic oxidation sites excluding steroid dienone is 1. The first-order valence-corrected chi connectivity index (χ1v) is 10.4. The Kier molecular flexibility index (Phi) is 5.45. The second-order valence-corrected chi connectivity index (χ2v) is 7.75. The fourth-order valence-corrected chi connectivity index (χ4v) is 4.88. The van der Waals surface area contributed by atoms with Crippen molar-refractivity contribution in [3.8, 4) is 11.8 Å². The lowest BCUT2D eigenvalue weighted by Crippen LogP contribution is -2.47. The van der Waals surface area contributed by atoms with Gasteiger partial charge in [0.05, 0.1) is 41.5 Å². The van der Waals surface area contributed by atoms with Gasteiger partial charge < -0.3 is 9.64 Å². The van der Waals surface area contributed by atoms with Gasteiger partial charge in [0.25, 0.3) is 0 Å². The molecule has 0 radical (unpaired) electrons. The Hall–Kier alpha value is -2.98. The maximum absolute atomic E-state index is 13.7. The highest BCUT2D eigenvalue weighted by Gasteiger charge is 2.38. The van der Waals surface area contributed by atoms with E-state index in [1.165, 1.54) is 23.9 Å². The summed E-state index contributed by atoms with van der Waals surface area (Å²) in [6.07, 6.45) is 0.150. The molecule has 2 aliphatic rings. The maximum atomic E-state index is 13.7. The molecule has 4 rings (SSSR count). The van der Waals surface area contributed by atoms with Crippen molar-refractivity contribution >= 4 is 23.4 Å². The van der Waals surface area contributed by atoms with Gasteiger partial charge in [-0.1, -0.05) is 36.0 Å². The molecule has 1 amide bonds. The molecular weight excluding hydrogens is 389 g/mol. The van der Waals surface area contributed by atoms with Crippen molar-refractivity contribution in [3.05, 3.63) is 70.5 Å². The van der Waals surface area contributed by atoms with E-state index in [4.69, 9.17) is 4.74 Å². The average molecular weight is 409 g/mol. The normalized spacial score (nSPS) is 19.1. The van der Waals surface area contributed by atoms with Crippen molar-refractivity contribution < 1.29 is 13.9 Å². The lowest BCUT2D eigenvalue weighted by atomic mass is 9.86. The first kappa shape index (κ1) is 19.3. The molecule has 0 saturated carbocycles. The molecule has 0 bridgehead atoms. The SMILES string of the molecule is CCOc1ccccc1N1CSC2=C(C#N)[C@@H](c3cccc(F)c3)CC(=O)N2C1. The zero-order chi connectivity index (χ0) is 20.4. The number of fused-ring (bicyclic) bond motifs is 1. The summed E-state index contributed by atoms with van der Waals surface area (Å²) in [6, 6.07) is 16.2. The van der Waals surface area contributed by atoms with Crippen molar-refractivity contribution in [2.24, 2.45) is 0 Å². The van der Waals surface area contributed by atoms with Gasteiger partial charge in [-0.15, -0.1) is 0 Å². The molecule has 2 heterocycles. The van der Waals surface area contributed by atoms with Gasteiger partial charge in [0.2, 0.25) is 5.91 Å². The molecule has 0 aliphatic carbocycles. The van der Waals surface area contributed by atoms with Gasteiger partial charge in [-0.25, -0.2) is 4.39 Å². The molecule has 0 unspecified atom stereocenters. The van der Waals surface area contributed by atoms with Crippen LogP contribution in [0.2, 0.25) is 0 Å². The third-order valence-electron chi connectivity index (χ3n) is 5.05. The summed E-state index contributed by atoms with van der Waals surface area (Å²) in [4.78, 5) is 16.7. The molecule has 7 heteroatoms. The highest BCUT2D eigenvalue weighted by atomic mass is 32.2. The highest BCUT2D eigenvalue weighted by molar-refractivity contribution is 8.03. The van der Waals surface area contributed by atoms with E-state index in [0.717, 1.165) is 11.4 Å². The number of thioether (sulfide) groups is 1. The van der Waals surface area contributed by atoms with Crippen molar-refractivity contribution in [2.45, 2.75) is 19.3 Å². The quantitative estimate of drug-likeness (QED) is 0.747. The Balaban J connectivity index is 1.66. The van der Waals surface area contributed by atoms with Crippen molar-refractivity contribution in [1.29, 1.82) is 5.26 Å². The second kappa shape index (κ2) is 8.18. The van der Waals surface area contributed by atoms with Gasteiger partial charge in [-0.2, -0.15) is 5.26 Å². The molecule has 1 saturated heterocycles. The largest absolute Gasteiger partial charge is 0.492 e. The van der Waals surface area contributed by atoms with E-state index in [1.54, 1.807) is 17.0 Å². The van der Waals surface area contributed by atoms with E-state index >= 15 is 0 Å². The average Bonchev–Trinajstić information content (AvgIpc) is 2.74. The molecular formula is C22H20FN3O2S. The Labute approximate surface area is 173 Å². The molecule has 2 aromatic rings. The van der Waals surface area contributed by atoms with Gasteiger partial charge in [-0.05, 0) is 36.8 Å². The number of nitrogens with zero attached hydrogens (tertiary/aromatic N) is 3. The molecule has 2 aromatic carbocycles. The topological polar surface area (TPSA) is 56.6 Å². The third-order valence-corrected chi connectivity index (χ3v) is 6.20. The Morgan fingerprint density at radius 3 is 2.86 bits per heavy atom. The number of carbonyl (C=O) groups excluding carboxylic acids is 1. The van der Waals surface area contributed by atoms with Crippen molar-refractivity contribution in [1.82, 2.24) is 4.90 Å². The van der Waals surface area contributed by atoms with E-state index in [1.807, 2.05) is 31.2 Å². The number of rotatable bonds is 4. The van der Waals surface area contributed by atoms with Crippen LogP contribution in [-0.2, 0) is 4.79 Å². The summed E-state index contributed by atoms with van der Waals surface area (Å²) in [5, 5.41) is 10.5. The van der Waals surface area contributed by atoms with Crippen LogP contribution >= 0.6 is 11.8 Å². The number of hydrogen-bond donors (Lipinski definition) is 0. The molecule has 0 aromatic heterocycles. The Morgan fingerprint density at radius 2 is 2.10 bits per heavy atom. The lowest BCUT2D eigenvalue weighted by Gasteiger charge is -2.42. The maximum Gasteiger partial charge on any atom is 0.229 e. The van der Waals surface area contributed by atoms with Crippen LogP contribution in [0, 0.1) is 17.1 Å². The Bertz CT molecular complexity index is 1020. The minimum atomic E-state index is -0.413. The van der Waals surface area contributed by atoms with Crippen LogP contribution in [0.5, 0.6) is 5.75 Å². The zero-order valence-corrected chi connectivity index (χ0v) is 16.8. The molecule has 29 heavy (non-hydrogen) atoms. The first-order valence-electron chi connectivity index (χ1n) is 9.42. The number of nitriles is 1. The van der Waals surface area contributed by atoms with Crippen LogP contribution in [0.3, 0.4) is 0 Å². The summed E-state index contributed by atoms with van der Waals surface area (Å²) in [6.45, 7) is 2.84. The first-order chi connectivity index (χ1) is 14.1. The number of anilines is 1. The number of hydrogen-bond acceptors (Lipinski definition) is 5. The molecule has 148 valence electrons. The smallest absolute Gasteiger partial charge is 0.229 e. The number of para-hydroxylation sites is 2. The van der Waals surface area contributed by atoms with Gasteiger partial charge in [0.15, 0.2) is 0 Å². The van der Waals surface area contributed by atoms with E-state index in [2.05, 4.69) is 11.0 Å². The van der Waals surface area contributed by atoms with Gasteiger partial charge in [0.1, 0.15) is 11.6 Å². The van der Waals surface area contributed by atoms with Gasteiger partial charge in [-0.3, -0.25) is 9.69 Å². The van der Waals surface area contributed by atoms with Crippen LogP contribution in [0.4, 0.5) is 10.1 Å². The zero-order valence-electron chi connectivity index (χ0n) is 16.0. The molecule has 2 aliphatic heterocycles. The van der Waals surface area contributed by atoms with E-state index in [9.17, 15) is 14.4 Å². The van der Waals surface area contributed by atoms with Gasteiger partial charge in [0, 0.05) is 12.3 Å². The van der Waals surface area contributed by atoms with Crippen molar-refractivity contribution in [3.63, 3.8) is 0 Å². The summed E-state index contributed by atoms with van der Waals surface area (Å²) in [5.41, 5.74) is 2.10. The molecule has 1 fully saturated rings. The minimum absolute atomic E-state index is 0.0700. The lowest BCUT2D eigenvalue weighted by molar-refractivity contribution is -0.129. The fraction of sp³-hybridized carbons (Fsp3) is 0.273. The predicted octanol–water partition coefficient (Wildman–Crippen LogP) is 4.44. The predicted molar refractivity (Wildman–Crippen MR) is 111 cm³/mol. The summed E-state index contributed by atoms with van der Waals surface area (Å²) >= 11 is 1.45. The van der Waals surface area contributed by atoms with E-state index in [-0.39, 0.29) is 18.1 Å². The van der Waals surface area contributed by atoms with E-state index < -0.39 is 5.92 Å². The van der Waals surface area contributed by atoms with Crippen LogP contribution in [0.25, 0.3) is 0 Å². The number of benzene rings is 2. The number of amides is 1. The number of ether oxygens (including phenoxy) is 1. The number of carbonyl (C=O) groups is 1. The van der Waals surface area contributed by atoms with Crippen molar-refractivity contribution in [2.75, 3.05) is 24.1 Å². The molecule has 0 spiro atoms. The van der Waals surface area contributed by atoms with Crippen LogP contribution < -0.4 is 9.64 Å².